The highest BCUT2D eigenvalue weighted by Gasteiger charge is 2.14. The van der Waals surface area contributed by atoms with Gasteiger partial charge in [0.2, 0.25) is 0 Å². The standard InChI is InChI=1S/C15H19ClN4O2/c1-22-8-7-17-5-6-18-15(21)13-10-19-20-14(13)11-3-2-4-12(16)9-11/h2-4,9-10,17H,5-8H2,1H3,(H,18,21)(H,19,20). The Labute approximate surface area is 134 Å². The van der Waals surface area contributed by atoms with Crippen LogP contribution in [0.3, 0.4) is 0 Å². The summed E-state index contributed by atoms with van der Waals surface area (Å²) in [5.41, 5.74) is 1.99. The zero-order valence-corrected chi connectivity index (χ0v) is 13.1. The summed E-state index contributed by atoms with van der Waals surface area (Å²) in [5.74, 6) is -0.169. The summed E-state index contributed by atoms with van der Waals surface area (Å²) in [4.78, 5) is 12.2. The molecule has 0 saturated heterocycles. The fourth-order valence-corrected chi connectivity index (χ4v) is 2.17. The Morgan fingerprint density at radius 2 is 2.23 bits per heavy atom. The lowest BCUT2D eigenvalue weighted by Gasteiger charge is -2.07. The van der Waals surface area contributed by atoms with Gasteiger partial charge in [0.25, 0.3) is 5.91 Å². The summed E-state index contributed by atoms with van der Waals surface area (Å²) in [6, 6.07) is 7.29. The van der Waals surface area contributed by atoms with Crippen molar-refractivity contribution in [2.24, 2.45) is 0 Å². The molecule has 1 aromatic heterocycles. The fraction of sp³-hybridized carbons (Fsp3) is 0.333. The largest absolute Gasteiger partial charge is 0.383 e. The summed E-state index contributed by atoms with van der Waals surface area (Å²) >= 11 is 5.98. The summed E-state index contributed by atoms with van der Waals surface area (Å²) in [7, 11) is 1.65. The van der Waals surface area contributed by atoms with Crippen LogP contribution in [0.2, 0.25) is 5.02 Å². The molecule has 0 saturated carbocycles. The average Bonchev–Trinajstić information content (AvgIpc) is 3.00. The van der Waals surface area contributed by atoms with Gasteiger partial charge in [-0.15, -0.1) is 0 Å². The SMILES string of the molecule is COCCNCCNC(=O)c1cn[nH]c1-c1cccc(Cl)c1. The number of rotatable bonds is 8. The zero-order valence-electron chi connectivity index (χ0n) is 12.4. The summed E-state index contributed by atoms with van der Waals surface area (Å²) in [5, 5.41) is 13.4. The summed E-state index contributed by atoms with van der Waals surface area (Å²) in [6.45, 7) is 2.61. The Morgan fingerprint density at radius 1 is 1.36 bits per heavy atom. The topological polar surface area (TPSA) is 79.0 Å². The van der Waals surface area contributed by atoms with Gasteiger partial charge in [-0.3, -0.25) is 9.89 Å². The molecule has 3 N–H and O–H groups in total. The molecule has 22 heavy (non-hydrogen) atoms. The second kappa shape index (κ2) is 8.53. The maximum absolute atomic E-state index is 12.2. The van der Waals surface area contributed by atoms with E-state index in [-0.39, 0.29) is 5.91 Å². The molecular formula is C15H19ClN4O2. The third-order valence-corrected chi connectivity index (χ3v) is 3.30. The number of nitrogens with zero attached hydrogens (tertiary/aromatic N) is 1. The van der Waals surface area contributed by atoms with Gasteiger partial charge >= 0.3 is 0 Å². The Morgan fingerprint density at radius 3 is 3.00 bits per heavy atom. The highest BCUT2D eigenvalue weighted by Crippen LogP contribution is 2.23. The molecule has 0 fully saturated rings. The zero-order chi connectivity index (χ0) is 15.8. The number of ether oxygens (including phenoxy) is 1. The molecule has 0 bridgehead atoms. The minimum Gasteiger partial charge on any atom is -0.383 e. The number of hydrogen-bond donors (Lipinski definition) is 3. The van der Waals surface area contributed by atoms with Crippen molar-refractivity contribution in [3.8, 4) is 11.3 Å². The van der Waals surface area contributed by atoms with E-state index in [0.717, 1.165) is 12.1 Å². The predicted molar refractivity (Wildman–Crippen MR) is 86.1 cm³/mol. The van der Waals surface area contributed by atoms with Gasteiger partial charge in [-0.25, -0.2) is 0 Å². The molecule has 0 unspecified atom stereocenters. The van der Waals surface area contributed by atoms with Crippen LogP contribution in [0.5, 0.6) is 0 Å². The lowest BCUT2D eigenvalue weighted by atomic mass is 10.1. The van der Waals surface area contributed by atoms with Crippen LogP contribution in [0, 0.1) is 0 Å². The molecule has 1 aromatic carbocycles. The molecule has 1 amide bonds. The number of hydrogen-bond acceptors (Lipinski definition) is 4. The van der Waals surface area contributed by atoms with Gasteiger partial charge in [-0.1, -0.05) is 23.7 Å². The van der Waals surface area contributed by atoms with Gasteiger partial charge in [-0.05, 0) is 12.1 Å². The Balaban J connectivity index is 1.93. The molecule has 118 valence electrons. The minimum atomic E-state index is -0.169. The Hall–Kier alpha value is -1.89. The maximum Gasteiger partial charge on any atom is 0.255 e. The lowest BCUT2D eigenvalue weighted by molar-refractivity contribution is 0.0954. The van der Waals surface area contributed by atoms with E-state index in [4.69, 9.17) is 16.3 Å². The first kappa shape index (κ1) is 16.5. The van der Waals surface area contributed by atoms with Crippen molar-refractivity contribution in [1.29, 1.82) is 0 Å². The molecule has 0 spiro atoms. The third kappa shape index (κ3) is 4.56. The Bertz CT molecular complexity index is 615. The highest BCUT2D eigenvalue weighted by atomic mass is 35.5. The smallest absolute Gasteiger partial charge is 0.255 e. The van der Waals surface area contributed by atoms with E-state index in [1.54, 1.807) is 19.2 Å². The molecular weight excluding hydrogens is 304 g/mol. The normalized spacial score (nSPS) is 10.6. The molecule has 0 aliphatic heterocycles. The van der Waals surface area contributed by atoms with Crippen molar-refractivity contribution >= 4 is 17.5 Å². The van der Waals surface area contributed by atoms with Crippen LogP contribution in [0.25, 0.3) is 11.3 Å². The molecule has 6 nitrogen and oxygen atoms in total. The number of aromatic amines is 1. The molecule has 2 rings (SSSR count). The van der Waals surface area contributed by atoms with Crippen LogP contribution in [0.1, 0.15) is 10.4 Å². The van der Waals surface area contributed by atoms with Crippen LogP contribution in [0.4, 0.5) is 0 Å². The van der Waals surface area contributed by atoms with Crippen molar-refractivity contribution in [2.45, 2.75) is 0 Å². The minimum absolute atomic E-state index is 0.169. The van der Waals surface area contributed by atoms with E-state index in [0.29, 0.717) is 36.0 Å². The van der Waals surface area contributed by atoms with Crippen LogP contribution in [-0.2, 0) is 4.74 Å². The molecule has 0 atom stereocenters. The van der Waals surface area contributed by atoms with Crippen molar-refractivity contribution < 1.29 is 9.53 Å². The first-order valence-electron chi connectivity index (χ1n) is 6.99. The van der Waals surface area contributed by atoms with Crippen LogP contribution in [-0.4, -0.2) is 49.5 Å². The number of nitrogens with one attached hydrogen (secondary N) is 3. The van der Waals surface area contributed by atoms with Gasteiger partial charge in [0.1, 0.15) is 0 Å². The van der Waals surface area contributed by atoms with Crippen molar-refractivity contribution in [2.75, 3.05) is 33.4 Å². The van der Waals surface area contributed by atoms with Gasteiger partial charge < -0.3 is 15.4 Å². The number of aromatic nitrogens is 2. The van der Waals surface area contributed by atoms with Gasteiger partial charge in [0.15, 0.2) is 0 Å². The molecule has 0 radical (unpaired) electrons. The van der Waals surface area contributed by atoms with Gasteiger partial charge in [0, 0.05) is 37.3 Å². The maximum atomic E-state index is 12.2. The third-order valence-electron chi connectivity index (χ3n) is 3.07. The number of amides is 1. The highest BCUT2D eigenvalue weighted by molar-refractivity contribution is 6.30. The first-order chi connectivity index (χ1) is 10.7. The summed E-state index contributed by atoms with van der Waals surface area (Å²) < 4.78 is 4.93. The number of methoxy groups -OCH3 is 1. The van der Waals surface area contributed by atoms with E-state index >= 15 is 0 Å². The van der Waals surface area contributed by atoms with Gasteiger partial charge in [0.05, 0.1) is 24.1 Å². The second-order valence-corrected chi connectivity index (χ2v) is 5.10. The fourth-order valence-electron chi connectivity index (χ4n) is 1.98. The van der Waals surface area contributed by atoms with Crippen LogP contribution in [0.15, 0.2) is 30.5 Å². The molecule has 2 aromatic rings. The van der Waals surface area contributed by atoms with Gasteiger partial charge in [-0.2, -0.15) is 5.10 Å². The van der Waals surface area contributed by atoms with E-state index in [1.165, 1.54) is 6.20 Å². The second-order valence-electron chi connectivity index (χ2n) is 4.67. The van der Waals surface area contributed by atoms with E-state index in [1.807, 2.05) is 12.1 Å². The molecule has 0 aliphatic carbocycles. The molecule has 1 heterocycles. The van der Waals surface area contributed by atoms with E-state index in [2.05, 4.69) is 20.8 Å². The van der Waals surface area contributed by atoms with Crippen molar-refractivity contribution in [3.05, 3.63) is 41.0 Å². The molecule has 7 heteroatoms. The number of halogens is 1. The lowest BCUT2D eigenvalue weighted by Crippen LogP contribution is -2.33. The average molecular weight is 323 g/mol. The monoisotopic (exact) mass is 322 g/mol. The predicted octanol–water partition coefficient (Wildman–Crippen LogP) is 1.70. The number of benzene rings is 1. The van der Waals surface area contributed by atoms with Crippen molar-refractivity contribution in [1.82, 2.24) is 20.8 Å². The summed E-state index contributed by atoms with van der Waals surface area (Å²) in [6.07, 6.45) is 1.52. The number of carbonyl (C=O) groups excluding carboxylic acids is 1. The number of H-pyrrole nitrogens is 1. The van der Waals surface area contributed by atoms with Crippen LogP contribution >= 0.6 is 11.6 Å². The molecule has 0 aliphatic rings. The number of carbonyl (C=O) groups is 1. The van der Waals surface area contributed by atoms with Crippen molar-refractivity contribution in [3.63, 3.8) is 0 Å². The van der Waals surface area contributed by atoms with E-state index < -0.39 is 0 Å². The Kier molecular flexibility index (Phi) is 6.39. The first-order valence-corrected chi connectivity index (χ1v) is 7.37. The quantitative estimate of drug-likeness (QED) is 0.646. The van der Waals surface area contributed by atoms with Crippen LogP contribution < -0.4 is 10.6 Å². The van der Waals surface area contributed by atoms with E-state index in [9.17, 15) is 4.79 Å².